The number of nitrogens with zero attached hydrogens (tertiary/aromatic N) is 2. The number of aromatic nitrogens is 2. The molecule has 0 aliphatic rings. The number of benzene rings is 1. The monoisotopic (exact) mass is 283 g/mol. The molecule has 0 amide bonds. The molecule has 0 aliphatic carbocycles. The van der Waals surface area contributed by atoms with Crippen molar-refractivity contribution in [2.75, 3.05) is 19.5 Å². The number of anilines is 2. The van der Waals surface area contributed by atoms with E-state index in [4.69, 9.17) is 21.1 Å². The van der Waals surface area contributed by atoms with Gasteiger partial charge in [0.25, 0.3) is 0 Å². The normalized spacial score (nSPS) is 10.1. The van der Waals surface area contributed by atoms with Crippen molar-refractivity contribution >= 4 is 23.1 Å². The summed E-state index contributed by atoms with van der Waals surface area (Å²) in [7, 11) is 3.06. The Balaban J connectivity index is 2.34. The number of methoxy groups -OCH3 is 2. The Morgan fingerprint density at radius 2 is 1.79 bits per heavy atom. The quantitative estimate of drug-likeness (QED) is 0.874. The first-order chi connectivity index (χ1) is 9.12. The van der Waals surface area contributed by atoms with Gasteiger partial charge in [0, 0.05) is 23.9 Å². The Morgan fingerprint density at radius 1 is 1.16 bits per heavy atom. The highest BCUT2D eigenvalue weighted by Crippen LogP contribution is 2.28. The van der Waals surface area contributed by atoms with Crippen molar-refractivity contribution in [3.8, 4) is 11.5 Å². The molecule has 1 aromatic heterocycles. The maximum atomic E-state index is 13.5. The summed E-state index contributed by atoms with van der Waals surface area (Å²) in [6.45, 7) is 0. The molecule has 1 N–H and O–H groups in total. The Bertz CT molecular complexity index is 573. The SMILES string of the molecule is COc1cc(Nc2nc(Cl)ncc2F)cc(OC)c1. The second-order valence-electron chi connectivity index (χ2n) is 3.56. The number of rotatable bonds is 4. The number of nitrogens with one attached hydrogen (secondary N) is 1. The molecule has 0 saturated heterocycles. The van der Waals surface area contributed by atoms with Gasteiger partial charge in [-0.2, -0.15) is 4.98 Å². The van der Waals surface area contributed by atoms with Gasteiger partial charge in [0.05, 0.1) is 20.4 Å². The van der Waals surface area contributed by atoms with Gasteiger partial charge in [-0.1, -0.05) is 0 Å². The summed E-state index contributed by atoms with van der Waals surface area (Å²) in [6.07, 6.45) is 0.995. The van der Waals surface area contributed by atoms with Gasteiger partial charge in [0.1, 0.15) is 11.5 Å². The average molecular weight is 284 g/mol. The van der Waals surface area contributed by atoms with E-state index >= 15 is 0 Å². The van der Waals surface area contributed by atoms with Gasteiger partial charge < -0.3 is 14.8 Å². The number of hydrogen-bond acceptors (Lipinski definition) is 5. The smallest absolute Gasteiger partial charge is 0.224 e. The summed E-state index contributed by atoms with van der Waals surface area (Å²) < 4.78 is 23.7. The molecule has 0 spiro atoms. The Kier molecular flexibility index (Phi) is 4.01. The van der Waals surface area contributed by atoms with Crippen LogP contribution in [0.1, 0.15) is 0 Å². The van der Waals surface area contributed by atoms with E-state index in [-0.39, 0.29) is 11.1 Å². The summed E-state index contributed by atoms with van der Waals surface area (Å²) in [6, 6.07) is 5.06. The highest BCUT2D eigenvalue weighted by Gasteiger charge is 2.08. The first kappa shape index (κ1) is 13.4. The van der Waals surface area contributed by atoms with Crippen LogP contribution < -0.4 is 14.8 Å². The zero-order valence-corrected chi connectivity index (χ0v) is 11.0. The van der Waals surface area contributed by atoms with Gasteiger partial charge in [-0.05, 0) is 11.6 Å². The first-order valence-corrected chi connectivity index (χ1v) is 5.68. The van der Waals surface area contributed by atoms with Gasteiger partial charge in [0.15, 0.2) is 11.6 Å². The molecular formula is C12H11ClFN3O2. The second-order valence-corrected chi connectivity index (χ2v) is 3.90. The van der Waals surface area contributed by atoms with Gasteiger partial charge in [-0.3, -0.25) is 0 Å². The van der Waals surface area contributed by atoms with Crippen LogP contribution in [0, 0.1) is 5.82 Å². The summed E-state index contributed by atoms with van der Waals surface area (Å²) >= 11 is 5.62. The molecular weight excluding hydrogens is 273 g/mol. The lowest BCUT2D eigenvalue weighted by atomic mass is 10.2. The van der Waals surface area contributed by atoms with Gasteiger partial charge >= 0.3 is 0 Å². The van der Waals surface area contributed by atoms with E-state index in [1.165, 1.54) is 14.2 Å². The van der Waals surface area contributed by atoms with E-state index in [9.17, 15) is 4.39 Å². The van der Waals surface area contributed by atoms with E-state index < -0.39 is 5.82 Å². The highest BCUT2D eigenvalue weighted by molar-refractivity contribution is 6.28. The van der Waals surface area contributed by atoms with Crippen molar-refractivity contribution < 1.29 is 13.9 Å². The number of hydrogen-bond donors (Lipinski definition) is 1. The molecule has 1 aromatic carbocycles. The fraction of sp³-hybridized carbons (Fsp3) is 0.167. The van der Waals surface area contributed by atoms with Crippen LogP contribution in [0.5, 0.6) is 11.5 Å². The lowest BCUT2D eigenvalue weighted by Gasteiger charge is -2.10. The fourth-order valence-corrected chi connectivity index (χ4v) is 1.58. The summed E-state index contributed by atoms with van der Waals surface area (Å²) in [5.74, 6) is 0.520. The van der Waals surface area contributed by atoms with Crippen LogP contribution in [-0.2, 0) is 0 Å². The van der Waals surface area contributed by atoms with E-state index in [0.717, 1.165) is 6.20 Å². The molecule has 0 bridgehead atoms. The molecule has 0 aliphatic heterocycles. The predicted octanol–water partition coefficient (Wildman–Crippen LogP) is 3.03. The van der Waals surface area contributed by atoms with E-state index in [2.05, 4.69) is 15.3 Å². The number of ether oxygens (including phenoxy) is 2. The van der Waals surface area contributed by atoms with Gasteiger partial charge in [-0.25, -0.2) is 9.37 Å². The second kappa shape index (κ2) is 5.71. The predicted molar refractivity (Wildman–Crippen MR) is 69.8 cm³/mol. The lowest BCUT2D eigenvalue weighted by molar-refractivity contribution is 0.395. The van der Waals surface area contributed by atoms with Crippen LogP contribution in [0.4, 0.5) is 15.9 Å². The third kappa shape index (κ3) is 3.23. The van der Waals surface area contributed by atoms with Crippen LogP contribution in [0.15, 0.2) is 24.4 Å². The maximum absolute atomic E-state index is 13.5. The molecule has 0 atom stereocenters. The zero-order chi connectivity index (χ0) is 13.8. The van der Waals surface area contributed by atoms with Crippen molar-refractivity contribution in [2.24, 2.45) is 0 Å². The molecule has 7 heteroatoms. The Hall–Kier alpha value is -2.08. The van der Waals surface area contributed by atoms with Crippen molar-refractivity contribution in [1.29, 1.82) is 0 Å². The van der Waals surface area contributed by atoms with Crippen molar-refractivity contribution in [2.45, 2.75) is 0 Å². The molecule has 0 unspecified atom stereocenters. The Morgan fingerprint density at radius 3 is 2.37 bits per heavy atom. The minimum atomic E-state index is -0.605. The molecule has 19 heavy (non-hydrogen) atoms. The van der Waals surface area contributed by atoms with Crippen molar-refractivity contribution in [3.05, 3.63) is 35.5 Å². The van der Waals surface area contributed by atoms with E-state index in [0.29, 0.717) is 17.2 Å². The maximum Gasteiger partial charge on any atom is 0.224 e. The standard InChI is InChI=1S/C12H11ClFN3O2/c1-18-8-3-7(4-9(5-8)19-2)16-11-10(14)6-15-12(13)17-11/h3-6H,1-2H3,(H,15,16,17). The fourth-order valence-electron chi connectivity index (χ4n) is 1.45. The third-order valence-corrected chi connectivity index (χ3v) is 2.51. The first-order valence-electron chi connectivity index (χ1n) is 5.30. The van der Waals surface area contributed by atoms with Crippen LogP contribution in [0.2, 0.25) is 5.28 Å². The van der Waals surface area contributed by atoms with Gasteiger partial charge in [0.2, 0.25) is 5.28 Å². The third-order valence-electron chi connectivity index (χ3n) is 2.33. The van der Waals surface area contributed by atoms with Crippen LogP contribution in [0.3, 0.4) is 0 Å². The molecule has 2 aromatic rings. The zero-order valence-electron chi connectivity index (χ0n) is 10.3. The molecule has 0 fully saturated rings. The molecule has 0 radical (unpaired) electrons. The van der Waals surface area contributed by atoms with Gasteiger partial charge in [-0.15, -0.1) is 0 Å². The van der Waals surface area contributed by atoms with Crippen molar-refractivity contribution in [1.82, 2.24) is 9.97 Å². The molecule has 0 saturated carbocycles. The molecule has 1 heterocycles. The number of halogens is 2. The summed E-state index contributed by atoms with van der Waals surface area (Å²) in [5.41, 5.74) is 0.560. The molecule has 100 valence electrons. The lowest BCUT2D eigenvalue weighted by Crippen LogP contribution is -1.99. The minimum absolute atomic E-state index is 0.0182. The van der Waals surface area contributed by atoms with E-state index in [1.54, 1.807) is 18.2 Å². The topological polar surface area (TPSA) is 56.3 Å². The Labute approximate surface area is 114 Å². The minimum Gasteiger partial charge on any atom is -0.497 e. The summed E-state index contributed by atoms with van der Waals surface area (Å²) in [5, 5.41) is 2.75. The van der Waals surface area contributed by atoms with Crippen molar-refractivity contribution in [3.63, 3.8) is 0 Å². The van der Waals surface area contributed by atoms with E-state index in [1.807, 2.05) is 0 Å². The van der Waals surface area contributed by atoms with Crippen LogP contribution >= 0.6 is 11.6 Å². The largest absolute Gasteiger partial charge is 0.497 e. The average Bonchev–Trinajstić information content (AvgIpc) is 2.42. The highest BCUT2D eigenvalue weighted by atomic mass is 35.5. The van der Waals surface area contributed by atoms with Crippen LogP contribution in [0.25, 0.3) is 0 Å². The molecule has 5 nitrogen and oxygen atoms in total. The summed E-state index contributed by atoms with van der Waals surface area (Å²) in [4.78, 5) is 7.30. The molecule has 2 rings (SSSR count). The van der Waals surface area contributed by atoms with Crippen LogP contribution in [-0.4, -0.2) is 24.2 Å².